The molecule has 9 heteroatoms. The fraction of sp³-hybridized carbons (Fsp3) is 0.946. The summed E-state index contributed by atoms with van der Waals surface area (Å²) in [5, 5.41) is 9.77. The Balaban J connectivity index is 4.52. The summed E-state index contributed by atoms with van der Waals surface area (Å²) in [5.74, 6) is -0.356. The molecule has 0 aromatic carbocycles. The Hall–Kier alpha value is -1.71. The van der Waals surface area contributed by atoms with Crippen molar-refractivity contribution >= 4 is 17.9 Å². The van der Waals surface area contributed by atoms with Crippen LogP contribution in [0.3, 0.4) is 0 Å². The maximum Gasteiger partial charge on any atom is 0.305 e. The number of unbranched alkanes of at least 4 members (excludes halogenated alkanes) is 30. The van der Waals surface area contributed by atoms with Crippen LogP contribution in [0.15, 0.2) is 0 Å². The SMILES string of the molecule is CCCCCCCCCCCCCOC(=O)CCCN(CCO)CCCN(CCCC(=O)OCCCCCCCCCCCCC)CCCC(=O)OCCCCCCCCCCCCC. The highest BCUT2D eigenvalue weighted by atomic mass is 16.5. The van der Waals surface area contributed by atoms with Gasteiger partial charge in [-0.25, -0.2) is 0 Å². The minimum atomic E-state index is -0.123. The zero-order valence-corrected chi connectivity index (χ0v) is 43.6. The normalized spacial score (nSPS) is 11.5. The van der Waals surface area contributed by atoms with Gasteiger partial charge in [-0.2, -0.15) is 0 Å². The van der Waals surface area contributed by atoms with Gasteiger partial charge < -0.3 is 29.1 Å². The molecule has 1 N–H and O–H groups in total. The lowest BCUT2D eigenvalue weighted by atomic mass is 10.1. The van der Waals surface area contributed by atoms with Crippen LogP contribution in [0.25, 0.3) is 0 Å². The highest BCUT2D eigenvalue weighted by molar-refractivity contribution is 5.70. The standard InChI is InChI=1S/C56H110N2O7/c1-4-7-10-13-16-19-22-25-28-31-34-51-63-54(60)41-37-44-57(45-38-42-55(61)64-52-35-32-29-26-23-20-17-14-11-8-5-2)47-40-48-58(49-50-59)46-39-43-56(62)65-53-36-33-30-27-24-21-18-15-12-9-6-3/h59H,4-53H2,1-3H3. The van der Waals surface area contributed by atoms with Crippen molar-refractivity contribution in [3.8, 4) is 0 Å². The van der Waals surface area contributed by atoms with Crippen molar-refractivity contribution in [1.29, 1.82) is 0 Å². The van der Waals surface area contributed by atoms with E-state index in [9.17, 15) is 19.5 Å². The van der Waals surface area contributed by atoms with E-state index in [1.165, 1.54) is 173 Å². The average molecular weight is 924 g/mol. The van der Waals surface area contributed by atoms with Crippen molar-refractivity contribution in [1.82, 2.24) is 9.80 Å². The molecule has 9 nitrogen and oxygen atoms in total. The average Bonchev–Trinajstić information content (AvgIpc) is 3.30. The van der Waals surface area contributed by atoms with E-state index in [-0.39, 0.29) is 24.5 Å². The minimum Gasteiger partial charge on any atom is -0.466 e. The molecule has 0 atom stereocenters. The largest absolute Gasteiger partial charge is 0.466 e. The van der Waals surface area contributed by atoms with E-state index in [4.69, 9.17) is 14.2 Å². The number of aliphatic hydroxyl groups is 1. The molecule has 0 radical (unpaired) electrons. The first-order valence-corrected chi connectivity index (χ1v) is 28.5. The van der Waals surface area contributed by atoms with E-state index in [2.05, 4.69) is 30.6 Å². The molecule has 0 aromatic rings. The summed E-state index contributed by atoms with van der Waals surface area (Å²) in [6.07, 6.45) is 46.3. The van der Waals surface area contributed by atoms with Gasteiger partial charge in [0.1, 0.15) is 0 Å². The van der Waals surface area contributed by atoms with Gasteiger partial charge in [-0.15, -0.1) is 0 Å². The van der Waals surface area contributed by atoms with Crippen molar-refractivity contribution < 1.29 is 33.7 Å². The van der Waals surface area contributed by atoms with Crippen molar-refractivity contribution in [2.24, 2.45) is 0 Å². The molecule has 0 aliphatic carbocycles. The predicted molar refractivity (Wildman–Crippen MR) is 275 cm³/mol. The first-order chi connectivity index (χ1) is 32.0. The highest BCUT2D eigenvalue weighted by Crippen LogP contribution is 2.15. The number of carbonyl (C=O) groups excluding carboxylic acids is 3. The summed E-state index contributed by atoms with van der Waals surface area (Å²) in [4.78, 5) is 42.2. The lowest BCUT2D eigenvalue weighted by Crippen LogP contribution is -2.34. The number of ether oxygens (including phenoxy) is 3. The number of hydrogen-bond acceptors (Lipinski definition) is 9. The lowest BCUT2D eigenvalue weighted by Gasteiger charge is -2.25. The van der Waals surface area contributed by atoms with Crippen LogP contribution >= 0.6 is 0 Å². The van der Waals surface area contributed by atoms with Crippen molar-refractivity contribution in [3.05, 3.63) is 0 Å². The van der Waals surface area contributed by atoms with Crippen LogP contribution in [-0.4, -0.2) is 98.5 Å². The molecule has 0 heterocycles. The van der Waals surface area contributed by atoms with Crippen LogP contribution in [0.4, 0.5) is 0 Å². The monoisotopic (exact) mass is 923 g/mol. The molecule has 0 fully saturated rings. The molecule has 0 aromatic heterocycles. The Kier molecular flexibility index (Phi) is 51.8. The maximum absolute atomic E-state index is 12.6. The van der Waals surface area contributed by atoms with Gasteiger partial charge in [0.15, 0.2) is 0 Å². The number of hydrogen-bond donors (Lipinski definition) is 1. The van der Waals surface area contributed by atoms with Crippen molar-refractivity contribution in [2.75, 3.05) is 65.7 Å². The molecule has 0 amide bonds. The molecule has 0 bridgehead atoms. The second-order valence-electron chi connectivity index (χ2n) is 19.3. The van der Waals surface area contributed by atoms with Gasteiger partial charge in [0.2, 0.25) is 0 Å². The summed E-state index contributed by atoms with van der Waals surface area (Å²) < 4.78 is 16.7. The number of nitrogens with zero attached hydrogens (tertiary/aromatic N) is 2. The zero-order valence-electron chi connectivity index (χ0n) is 43.6. The third-order valence-electron chi connectivity index (χ3n) is 13.0. The molecule has 0 rings (SSSR count). The van der Waals surface area contributed by atoms with Crippen LogP contribution in [0.2, 0.25) is 0 Å². The predicted octanol–water partition coefficient (Wildman–Crippen LogP) is 14.9. The molecular weight excluding hydrogens is 813 g/mol. The molecule has 0 saturated heterocycles. The number of rotatable bonds is 54. The molecular formula is C56H110N2O7. The fourth-order valence-corrected chi connectivity index (χ4v) is 8.74. The van der Waals surface area contributed by atoms with Crippen LogP contribution in [0.5, 0.6) is 0 Å². The molecule has 0 aliphatic rings. The van der Waals surface area contributed by atoms with Gasteiger partial charge in [0, 0.05) is 25.8 Å². The molecule has 0 unspecified atom stereocenters. The van der Waals surface area contributed by atoms with Gasteiger partial charge in [-0.05, 0) is 77.7 Å². The Bertz CT molecular complexity index is 952. The number of aliphatic hydroxyl groups excluding tert-OH is 1. The van der Waals surface area contributed by atoms with E-state index < -0.39 is 0 Å². The smallest absolute Gasteiger partial charge is 0.305 e. The first-order valence-electron chi connectivity index (χ1n) is 28.5. The van der Waals surface area contributed by atoms with E-state index >= 15 is 0 Å². The Morgan fingerprint density at radius 3 is 0.754 bits per heavy atom. The highest BCUT2D eigenvalue weighted by Gasteiger charge is 2.13. The molecule has 65 heavy (non-hydrogen) atoms. The van der Waals surface area contributed by atoms with Crippen LogP contribution < -0.4 is 0 Å². The van der Waals surface area contributed by atoms with Gasteiger partial charge in [-0.3, -0.25) is 14.4 Å². The second-order valence-corrected chi connectivity index (χ2v) is 19.3. The minimum absolute atomic E-state index is 0.0790. The number of carbonyl (C=O) groups is 3. The van der Waals surface area contributed by atoms with E-state index in [0.717, 1.165) is 90.5 Å². The van der Waals surface area contributed by atoms with Gasteiger partial charge in [0.05, 0.1) is 26.4 Å². The third-order valence-corrected chi connectivity index (χ3v) is 13.0. The quantitative estimate of drug-likeness (QED) is 0.0363. The second kappa shape index (κ2) is 53.2. The van der Waals surface area contributed by atoms with E-state index in [1.807, 2.05) is 0 Å². The number of esters is 3. The topological polar surface area (TPSA) is 106 Å². The summed E-state index contributed by atoms with van der Waals surface area (Å²) in [7, 11) is 0. The fourth-order valence-electron chi connectivity index (χ4n) is 8.74. The van der Waals surface area contributed by atoms with Crippen molar-refractivity contribution in [2.45, 2.75) is 278 Å². The summed E-state index contributed by atoms with van der Waals surface area (Å²) >= 11 is 0. The van der Waals surface area contributed by atoms with Gasteiger partial charge >= 0.3 is 17.9 Å². The van der Waals surface area contributed by atoms with Gasteiger partial charge in [-0.1, -0.05) is 213 Å². The molecule has 0 spiro atoms. The Morgan fingerprint density at radius 2 is 0.508 bits per heavy atom. The lowest BCUT2D eigenvalue weighted by molar-refractivity contribution is -0.145. The van der Waals surface area contributed by atoms with Crippen LogP contribution in [-0.2, 0) is 28.6 Å². The zero-order chi connectivity index (χ0) is 47.4. The third kappa shape index (κ3) is 50.0. The summed E-state index contributed by atoms with van der Waals surface area (Å²) in [6, 6.07) is 0. The van der Waals surface area contributed by atoms with Crippen LogP contribution in [0.1, 0.15) is 278 Å². The van der Waals surface area contributed by atoms with E-state index in [1.54, 1.807) is 0 Å². The molecule has 386 valence electrons. The first kappa shape index (κ1) is 63.3. The molecule has 0 saturated carbocycles. The van der Waals surface area contributed by atoms with E-state index in [0.29, 0.717) is 52.0 Å². The van der Waals surface area contributed by atoms with Gasteiger partial charge in [0.25, 0.3) is 0 Å². The summed E-state index contributed by atoms with van der Waals surface area (Å²) in [5.41, 5.74) is 0. The molecule has 0 aliphatic heterocycles. The van der Waals surface area contributed by atoms with Crippen LogP contribution in [0, 0.1) is 0 Å². The maximum atomic E-state index is 12.6. The van der Waals surface area contributed by atoms with Crippen molar-refractivity contribution in [3.63, 3.8) is 0 Å². The summed E-state index contributed by atoms with van der Waals surface area (Å²) in [6.45, 7) is 12.9. The Morgan fingerprint density at radius 1 is 0.292 bits per heavy atom. The Labute approximate surface area is 403 Å².